The third-order valence-electron chi connectivity index (χ3n) is 4.42. The molecule has 1 saturated heterocycles. The van der Waals surface area contributed by atoms with E-state index in [2.05, 4.69) is 5.32 Å². The first kappa shape index (κ1) is 14.5. The predicted molar refractivity (Wildman–Crippen MR) is 82.0 cm³/mol. The van der Waals surface area contributed by atoms with Crippen molar-refractivity contribution in [3.8, 4) is 0 Å². The molecule has 6 heteroatoms. The minimum absolute atomic E-state index is 0.0179. The molecule has 0 radical (unpaired) electrons. The molecule has 1 atom stereocenters. The van der Waals surface area contributed by atoms with E-state index in [0.717, 1.165) is 11.3 Å². The number of para-hydroxylation sites is 1. The fourth-order valence-electron chi connectivity index (χ4n) is 3.13. The first-order valence-electron chi connectivity index (χ1n) is 7.28. The highest BCUT2D eigenvalue weighted by Gasteiger charge is 2.32. The van der Waals surface area contributed by atoms with Crippen LogP contribution in [-0.4, -0.2) is 38.9 Å². The number of sulfone groups is 1. The van der Waals surface area contributed by atoms with E-state index in [1.807, 2.05) is 24.3 Å². The second-order valence-electron chi connectivity index (χ2n) is 5.86. The summed E-state index contributed by atoms with van der Waals surface area (Å²) < 4.78 is 23.0. The van der Waals surface area contributed by atoms with Crippen molar-refractivity contribution in [1.29, 1.82) is 0 Å². The van der Waals surface area contributed by atoms with Crippen LogP contribution < -0.4 is 10.2 Å². The molecule has 2 heterocycles. The van der Waals surface area contributed by atoms with Crippen LogP contribution in [0.4, 0.5) is 5.69 Å². The molecule has 1 aromatic carbocycles. The van der Waals surface area contributed by atoms with Crippen LogP contribution in [0.15, 0.2) is 24.3 Å². The van der Waals surface area contributed by atoms with Crippen LogP contribution in [0.1, 0.15) is 30.9 Å². The molecule has 114 valence electrons. The Morgan fingerprint density at radius 3 is 2.57 bits per heavy atom. The van der Waals surface area contributed by atoms with Crippen LogP contribution in [0.3, 0.4) is 0 Å². The summed E-state index contributed by atoms with van der Waals surface area (Å²) in [7, 11) is -1.06. The molecule has 5 nitrogen and oxygen atoms in total. The lowest BCUT2D eigenvalue weighted by molar-refractivity contribution is -0.119. The normalized spacial score (nSPS) is 25.7. The number of carbonyl (C=O) groups is 1. The summed E-state index contributed by atoms with van der Waals surface area (Å²) in [5.41, 5.74) is 2.06. The summed E-state index contributed by atoms with van der Waals surface area (Å²) in [6.07, 6.45) is 1.69. The summed E-state index contributed by atoms with van der Waals surface area (Å²) in [4.78, 5) is 13.8. The van der Waals surface area contributed by atoms with E-state index < -0.39 is 9.84 Å². The van der Waals surface area contributed by atoms with Crippen LogP contribution in [0.25, 0.3) is 0 Å². The number of benzene rings is 1. The first-order valence-corrected chi connectivity index (χ1v) is 9.10. The topological polar surface area (TPSA) is 66.5 Å². The Morgan fingerprint density at radius 2 is 1.86 bits per heavy atom. The third-order valence-corrected chi connectivity index (χ3v) is 6.13. The fraction of sp³-hybridized carbons (Fsp3) is 0.533. The zero-order valence-electron chi connectivity index (χ0n) is 12.1. The Morgan fingerprint density at radius 1 is 1.19 bits per heavy atom. The zero-order chi connectivity index (χ0) is 15.0. The monoisotopic (exact) mass is 308 g/mol. The number of hydrogen-bond donors (Lipinski definition) is 1. The molecule has 3 rings (SSSR count). The molecule has 1 amide bonds. The van der Waals surface area contributed by atoms with Gasteiger partial charge < -0.3 is 10.2 Å². The number of amides is 1. The molecule has 1 aromatic rings. The quantitative estimate of drug-likeness (QED) is 0.893. The lowest BCUT2D eigenvalue weighted by Crippen LogP contribution is -2.44. The molecule has 1 fully saturated rings. The van der Waals surface area contributed by atoms with Crippen molar-refractivity contribution in [2.75, 3.05) is 23.5 Å². The summed E-state index contributed by atoms with van der Waals surface area (Å²) in [6.45, 7) is 0. The van der Waals surface area contributed by atoms with Crippen molar-refractivity contribution in [2.45, 2.75) is 31.3 Å². The van der Waals surface area contributed by atoms with E-state index in [1.165, 1.54) is 0 Å². The van der Waals surface area contributed by atoms with Gasteiger partial charge in [-0.1, -0.05) is 18.2 Å². The van der Waals surface area contributed by atoms with Crippen LogP contribution in [-0.2, 0) is 14.6 Å². The highest BCUT2D eigenvalue weighted by Crippen LogP contribution is 2.34. The maximum Gasteiger partial charge on any atom is 0.228 e. The van der Waals surface area contributed by atoms with E-state index in [1.54, 1.807) is 11.9 Å². The first-order chi connectivity index (χ1) is 9.96. The number of nitrogens with zero attached hydrogens (tertiary/aromatic N) is 1. The molecular formula is C15H20N2O3S. The zero-order valence-corrected chi connectivity index (χ0v) is 12.9. The van der Waals surface area contributed by atoms with Gasteiger partial charge in [0.2, 0.25) is 5.91 Å². The van der Waals surface area contributed by atoms with E-state index in [9.17, 15) is 13.2 Å². The predicted octanol–water partition coefficient (Wildman–Crippen LogP) is 1.26. The Bertz CT molecular complexity index is 643. The number of rotatable bonds is 2. The van der Waals surface area contributed by atoms with Crippen molar-refractivity contribution in [3.63, 3.8) is 0 Å². The van der Waals surface area contributed by atoms with Gasteiger partial charge in [-0.2, -0.15) is 0 Å². The Kier molecular flexibility index (Phi) is 3.75. The molecule has 2 aliphatic rings. The molecule has 0 saturated carbocycles. The van der Waals surface area contributed by atoms with E-state index in [-0.39, 0.29) is 29.5 Å². The standard InChI is InChI=1S/C15H20N2O3S/c1-17-14-5-3-2-4-12(14)13(10-15(17)18)16-11-6-8-21(19,20)9-7-11/h2-5,11,13,16H,6-10H2,1H3. The van der Waals surface area contributed by atoms with Crippen LogP contribution in [0.2, 0.25) is 0 Å². The molecule has 0 aliphatic carbocycles. The van der Waals surface area contributed by atoms with Crippen molar-refractivity contribution in [2.24, 2.45) is 0 Å². The van der Waals surface area contributed by atoms with Gasteiger partial charge >= 0.3 is 0 Å². The smallest absolute Gasteiger partial charge is 0.228 e. The van der Waals surface area contributed by atoms with Gasteiger partial charge in [-0.25, -0.2) is 8.42 Å². The highest BCUT2D eigenvalue weighted by molar-refractivity contribution is 7.91. The number of hydrogen-bond acceptors (Lipinski definition) is 4. The molecule has 1 unspecified atom stereocenters. The highest BCUT2D eigenvalue weighted by atomic mass is 32.2. The van der Waals surface area contributed by atoms with Gasteiger partial charge in [0.05, 0.1) is 11.5 Å². The maximum atomic E-state index is 12.1. The van der Waals surface area contributed by atoms with Gasteiger partial charge in [0.1, 0.15) is 9.84 Å². The summed E-state index contributed by atoms with van der Waals surface area (Å²) in [5.74, 6) is 0.578. The molecule has 1 N–H and O–H groups in total. The molecule has 0 aromatic heterocycles. The van der Waals surface area contributed by atoms with Gasteiger partial charge in [0.15, 0.2) is 0 Å². The lowest BCUT2D eigenvalue weighted by Gasteiger charge is -2.35. The molecule has 0 spiro atoms. The molecular weight excluding hydrogens is 288 g/mol. The average molecular weight is 308 g/mol. The summed E-state index contributed by atoms with van der Waals surface area (Å²) in [5, 5.41) is 3.49. The van der Waals surface area contributed by atoms with E-state index in [4.69, 9.17) is 0 Å². The average Bonchev–Trinajstić information content (AvgIpc) is 2.47. The SMILES string of the molecule is CN1C(=O)CC(NC2CCS(=O)(=O)CC2)c2ccccc21. The van der Waals surface area contributed by atoms with E-state index >= 15 is 0 Å². The number of carbonyl (C=O) groups excluding carboxylic acids is 1. The van der Waals surface area contributed by atoms with Crippen molar-refractivity contribution in [1.82, 2.24) is 5.32 Å². The van der Waals surface area contributed by atoms with Gasteiger partial charge in [0.25, 0.3) is 0 Å². The molecule has 0 bridgehead atoms. The molecule has 21 heavy (non-hydrogen) atoms. The fourth-order valence-corrected chi connectivity index (χ4v) is 4.62. The van der Waals surface area contributed by atoms with Gasteiger partial charge in [-0.15, -0.1) is 0 Å². The number of anilines is 1. The van der Waals surface area contributed by atoms with Crippen LogP contribution in [0, 0.1) is 0 Å². The molecule has 2 aliphatic heterocycles. The van der Waals surface area contributed by atoms with Gasteiger partial charge in [-0.05, 0) is 24.5 Å². The van der Waals surface area contributed by atoms with Crippen molar-refractivity contribution >= 4 is 21.4 Å². The second-order valence-corrected chi connectivity index (χ2v) is 8.16. The van der Waals surface area contributed by atoms with Crippen LogP contribution in [0.5, 0.6) is 0 Å². The number of fused-ring (bicyclic) bond motifs is 1. The summed E-state index contributed by atoms with van der Waals surface area (Å²) >= 11 is 0. The van der Waals surface area contributed by atoms with Gasteiger partial charge in [-0.3, -0.25) is 4.79 Å². The van der Waals surface area contributed by atoms with Crippen LogP contribution >= 0.6 is 0 Å². The Labute approximate surface area is 125 Å². The van der Waals surface area contributed by atoms with Crippen molar-refractivity contribution in [3.05, 3.63) is 29.8 Å². The lowest BCUT2D eigenvalue weighted by atomic mass is 9.95. The second kappa shape index (κ2) is 5.42. The Balaban J connectivity index is 1.77. The minimum atomic E-state index is -2.85. The third kappa shape index (κ3) is 2.96. The van der Waals surface area contributed by atoms with Crippen molar-refractivity contribution < 1.29 is 13.2 Å². The Hall–Kier alpha value is -1.40. The largest absolute Gasteiger partial charge is 0.315 e. The number of nitrogens with one attached hydrogen (secondary N) is 1. The van der Waals surface area contributed by atoms with Gasteiger partial charge in [0, 0.05) is 31.2 Å². The minimum Gasteiger partial charge on any atom is -0.315 e. The summed E-state index contributed by atoms with van der Waals surface area (Å²) in [6, 6.07) is 8.04. The van der Waals surface area contributed by atoms with E-state index in [0.29, 0.717) is 19.3 Å². The maximum absolute atomic E-state index is 12.1.